The van der Waals surface area contributed by atoms with Crippen LogP contribution in [0.4, 0.5) is 13.2 Å². The summed E-state index contributed by atoms with van der Waals surface area (Å²) in [5.41, 5.74) is -0.912. The molecule has 1 unspecified atom stereocenters. The molecular weight excluding hydrogens is 265 g/mol. The van der Waals surface area contributed by atoms with E-state index >= 15 is 0 Å². The van der Waals surface area contributed by atoms with E-state index < -0.39 is 17.3 Å². The maximum Gasteiger partial charge on any atom is 0.416 e. The maximum atomic E-state index is 12.5. The number of halogens is 3. The number of hydrogen-bond acceptors (Lipinski definition) is 1. The van der Waals surface area contributed by atoms with Crippen molar-refractivity contribution in [2.45, 2.75) is 57.7 Å². The van der Waals surface area contributed by atoms with Crippen LogP contribution in [-0.4, -0.2) is 10.7 Å². The van der Waals surface area contributed by atoms with Crippen molar-refractivity contribution < 1.29 is 18.3 Å². The molecule has 0 saturated heterocycles. The summed E-state index contributed by atoms with van der Waals surface area (Å²) in [6, 6.07) is 5.14. The topological polar surface area (TPSA) is 20.2 Å². The Labute approximate surface area is 117 Å². The van der Waals surface area contributed by atoms with Crippen LogP contribution in [0, 0.1) is 5.41 Å². The Kier molecular flexibility index (Phi) is 3.89. The third-order valence-corrected chi connectivity index (χ3v) is 4.68. The quantitative estimate of drug-likeness (QED) is 0.843. The fraction of sp³-hybridized carbons (Fsp3) is 0.625. The highest BCUT2D eigenvalue weighted by molar-refractivity contribution is 5.26. The molecule has 0 aromatic heterocycles. The number of aliphatic hydroxyl groups is 1. The molecular formula is C16H21F3O. The first-order valence-electron chi connectivity index (χ1n) is 7.03. The molecule has 4 heteroatoms. The summed E-state index contributed by atoms with van der Waals surface area (Å²) in [4.78, 5) is 0. The molecule has 1 aliphatic carbocycles. The Morgan fingerprint density at radius 1 is 1.05 bits per heavy atom. The molecule has 0 heterocycles. The van der Waals surface area contributed by atoms with Gasteiger partial charge in [0.25, 0.3) is 0 Å². The van der Waals surface area contributed by atoms with Crippen LogP contribution in [-0.2, 0) is 12.6 Å². The lowest BCUT2D eigenvalue weighted by Crippen LogP contribution is -2.48. The highest BCUT2D eigenvalue weighted by atomic mass is 19.4. The Bertz CT molecular complexity index is 462. The van der Waals surface area contributed by atoms with Crippen LogP contribution in [0.25, 0.3) is 0 Å². The highest BCUT2D eigenvalue weighted by Gasteiger charge is 2.44. The minimum Gasteiger partial charge on any atom is -0.389 e. The molecule has 20 heavy (non-hydrogen) atoms. The largest absolute Gasteiger partial charge is 0.416 e. The smallest absolute Gasteiger partial charge is 0.389 e. The fourth-order valence-corrected chi connectivity index (χ4v) is 3.03. The molecule has 0 spiro atoms. The van der Waals surface area contributed by atoms with Crippen LogP contribution >= 0.6 is 0 Å². The molecule has 0 aliphatic heterocycles. The van der Waals surface area contributed by atoms with Gasteiger partial charge in [-0.3, -0.25) is 0 Å². The molecule has 112 valence electrons. The van der Waals surface area contributed by atoms with Gasteiger partial charge in [0.15, 0.2) is 0 Å². The Morgan fingerprint density at radius 3 is 2.10 bits per heavy atom. The highest BCUT2D eigenvalue weighted by Crippen LogP contribution is 2.45. The van der Waals surface area contributed by atoms with Gasteiger partial charge in [0.2, 0.25) is 0 Å². The van der Waals surface area contributed by atoms with Crippen molar-refractivity contribution in [3.05, 3.63) is 35.4 Å². The van der Waals surface area contributed by atoms with Crippen LogP contribution in [0.5, 0.6) is 0 Å². The SMILES string of the molecule is CC1(C)CCCCC1(O)Cc1ccc(C(F)(F)F)cc1. The zero-order valence-electron chi connectivity index (χ0n) is 11.9. The van der Waals surface area contributed by atoms with Crippen LogP contribution < -0.4 is 0 Å². The first kappa shape index (κ1) is 15.4. The molecule has 1 saturated carbocycles. The van der Waals surface area contributed by atoms with Gasteiger partial charge in [-0.05, 0) is 36.0 Å². The maximum absolute atomic E-state index is 12.5. The van der Waals surface area contributed by atoms with Crippen LogP contribution in [0.15, 0.2) is 24.3 Å². The monoisotopic (exact) mass is 286 g/mol. The number of hydrogen-bond donors (Lipinski definition) is 1. The third kappa shape index (κ3) is 3.00. The molecule has 1 atom stereocenters. The van der Waals surface area contributed by atoms with Crippen LogP contribution in [0.3, 0.4) is 0 Å². The standard InChI is InChI=1S/C16H21F3O/c1-14(2)9-3-4-10-15(14,20)11-12-5-7-13(8-6-12)16(17,18)19/h5-8,20H,3-4,9-11H2,1-2H3. The lowest BCUT2D eigenvalue weighted by molar-refractivity contribution is -0.137. The van der Waals surface area contributed by atoms with Crippen molar-refractivity contribution in [3.8, 4) is 0 Å². The molecule has 0 amide bonds. The third-order valence-electron chi connectivity index (χ3n) is 4.68. The fourth-order valence-electron chi connectivity index (χ4n) is 3.03. The molecule has 1 aromatic carbocycles. The Morgan fingerprint density at radius 2 is 1.60 bits per heavy atom. The Hall–Kier alpha value is -1.03. The molecule has 0 radical (unpaired) electrons. The van der Waals surface area contributed by atoms with Crippen LogP contribution in [0.2, 0.25) is 0 Å². The second kappa shape index (κ2) is 5.06. The van der Waals surface area contributed by atoms with E-state index in [9.17, 15) is 18.3 Å². The average Bonchev–Trinajstić information content (AvgIpc) is 2.33. The van der Waals surface area contributed by atoms with E-state index in [1.165, 1.54) is 12.1 Å². The molecule has 1 aromatic rings. The normalized spacial score (nSPS) is 26.5. The summed E-state index contributed by atoms with van der Waals surface area (Å²) in [5, 5.41) is 10.9. The van der Waals surface area contributed by atoms with Gasteiger partial charge in [-0.25, -0.2) is 0 Å². The van der Waals surface area contributed by atoms with Crippen LogP contribution in [0.1, 0.15) is 50.7 Å². The van der Waals surface area contributed by atoms with E-state index in [4.69, 9.17) is 0 Å². The van der Waals surface area contributed by atoms with Crippen molar-refractivity contribution in [2.24, 2.45) is 5.41 Å². The van der Waals surface area contributed by atoms with E-state index in [0.717, 1.165) is 37.0 Å². The summed E-state index contributed by atoms with van der Waals surface area (Å²) >= 11 is 0. The van der Waals surface area contributed by atoms with E-state index in [1.54, 1.807) is 0 Å². The summed E-state index contributed by atoms with van der Waals surface area (Å²) in [6.45, 7) is 4.08. The lowest BCUT2D eigenvalue weighted by Gasteiger charge is -2.46. The van der Waals surface area contributed by atoms with Gasteiger partial charge in [0.1, 0.15) is 0 Å². The van der Waals surface area contributed by atoms with E-state index in [1.807, 2.05) is 13.8 Å². The van der Waals surface area contributed by atoms with Gasteiger partial charge >= 0.3 is 6.18 Å². The van der Waals surface area contributed by atoms with E-state index in [2.05, 4.69) is 0 Å². The average molecular weight is 286 g/mol. The predicted molar refractivity (Wildman–Crippen MR) is 72.3 cm³/mol. The first-order chi connectivity index (χ1) is 9.14. The molecule has 1 fully saturated rings. The summed E-state index contributed by atoms with van der Waals surface area (Å²) in [7, 11) is 0. The molecule has 0 bridgehead atoms. The summed E-state index contributed by atoms with van der Waals surface area (Å²) < 4.78 is 37.6. The summed E-state index contributed by atoms with van der Waals surface area (Å²) in [6.07, 6.45) is -0.161. The van der Waals surface area contributed by atoms with Gasteiger partial charge in [0.05, 0.1) is 11.2 Å². The van der Waals surface area contributed by atoms with Crippen molar-refractivity contribution in [1.29, 1.82) is 0 Å². The zero-order chi connectivity index (χ0) is 15.0. The molecule has 1 nitrogen and oxygen atoms in total. The van der Waals surface area contributed by atoms with Gasteiger partial charge in [-0.15, -0.1) is 0 Å². The van der Waals surface area contributed by atoms with Gasteiger partial charge in [-0.2, -0.15) is 13.2 Å². The minimum atomic E-state index is -4.31. The number of benzene rings is 1. The van der Waals surface area contributed by atoms with Crippen molar-refractivity contribution in [2.75, 3.05) is 0 Å². The minimum absolute atomic E-state index is 0.200. The predicted octanol–water partition coefficient (Wildman–Crippen LogP) is 4.58. The second-order valence-corrected chi connectivity index (χ2v) is 6.49. The van der Waals surface area contributed by atoms with Crippen molar-refractivity contribution in [3.63, 3.8) is 0 Å². The molecule has 1 aliphatic rings. The number of alkyl halides is 3. The van der Waals surface area contributed by atoms with Crippen molar-refractivity contribution in [1.82, 2.24) is 0 Å². The van der Waals surface area contributed by atoms with Gasteiger partial charge in [0, 0.05) is 6.42 Å². The zero-order valence-corrected chi connectivity index (χ0v) is 11.9. The lowest BCUT2D eigenvalue weighted by atomic mass is 9.63. The van der Waals surface area contributed by atoms with Crippen molar-refractivity contribution >= 4 is 0 Å². The van der Waals surface area contributed by atoms with E-state index in [-0.39, 0.29) is 5.41 Å². The van der Waals surface area contributed by atoms with Gasteiger partial charge < -0.3 is 5.11 Å². The molecule has 2 rings (SSSR count). The summed E-state index contributed by atoms with van der Waals surface area (Å²) in [5.74, 6) is 0. The Balaban J connectivity index is 2.17. The molecule has 1 N–H and O–H groups in total. The first-order valence-corrected chi connectivity index (χ1v) is 7.03. The number of rotatable bonds is 2. The van der Waals surface area contributed by atoms with E-state index in [0.29, 0.717) is 12.8 Å². The second-order valence-electron chi connectivity index (χ2n) is 6.49. The van der Waals surface area contributed by atoms with Gasteiger partial charge in [-0.1, -0.05) is 38.8 Å².